The zero-order chi connectivity index (χ0) is 12.1. The summed E-state index contributed by atoms with van der Waals surface area (Å²) in [6, 6.07) is 0. The normalized spacial score (nSPS) is 12.7. The van der Waals surface area contributed by atoms with E-state index in [-0.39, 0.29) is 23.3 Å². The third-order valence-electron chi connectivity index (χ3n) is 3.32. The Hall–Kier alpha value is -0.570. The molecule has 0 spiro atoms. The van der Waals surface area contributed by atoms with Gasteiger partial charge in [0.1, 0.15) is 0 Å². The molecule has 90 valence electrons. The number of nitrogens with one attached hydrogen (secondary N) is 1. The topological polar surface area (TPSA) is 49.3 Å². The van der Waals surface area contributed by atoms with Crippen LogP contribution in [-0.2, 0) is 4.79 Å². The van der Waals surface area contributed by atoms with Gasteiger partial charge in [0, 0.05) is 19.6 Å². The molecule has 0 heterocycles. The quantitative estimate of drug-likeness (QED) is 0.736. The fourth-order valence-electron chi connectivity index (χ4n) is 0.913. The van der Waals surface area contributed by atoms with E-state index in [1.807, 2.05) is 0 Å². The third-order valence-corrected chi connectivity index (χ3v) is 3.32. The van der Waals surface area contributed by atoms with Crippen LogP contribution < -0.4 is 5.32 Å². The summed E-state index contributed by atoms with van der Waals surface area (Å²) in [5, 5.41) is 11.5. The lowest BCUT2D eigenvalue weighted by atomic mass is 9.69. The molecule has 0 aromatic rings. The average Bonchev–Trinajstić information content (AvgIpc) is 2.09. The average molecular weight is 215 g/mol. The SMILES string of the molecule is CC(C)(C)C(C)(C)CNC(=O)CCCO. The van der Waals surface area contributed by atoms with Crippen molar-refractivity contribution in [2.45, 2.75) is 47.5 Å². The van der Waals surface area contributed by atoms with Crippen LogP contribution in [-0.4, -0.2) is 24.2 Å². The largest absolute Gasteiger partial charge is 0.396 e. The van der Waals surface area contributed by atoms with Crippen molar-refractivity contribution in [2.24, 2.45) is 10.8 Å². The van der Waals surface area contributed by atoms with Gasteiger partial charge < -0.3 is 10.4 Å². The smallest absolute Gasteiger partial charge is 0.220 e. The van der Waals surface area contributed by atoms with Gasteiger partial charge in [-0.1, -0.05) is 34.6 Å². The molecule has 1 amide bonds. The molecule has 0 radical (unpaired) electrons. The first-order valence-electron chi connectivity index (χ1n) is 5.58. The summed E-state index contributed by atoms with van der Waals surface area (Å²) in [6.45, 7) is 11.6. The minimum absolute atomic E-state index is 0.0291. The van der Waals surface area contributed by atoms with Gasteiger partial charge in [0.15, 0.2) is 0 Å². The maximum Gasteiger partial charge on any atom is 0.220 e. The van der Waals surface area contributed by atoms with Gasteiger partial charge in [0.05, 0.1) is 0 Å². The van der Waals surface area contributed by atoms with E-state index in [0.29, 0.717) is 19.4 Å². The molecule has 0 rings (SSSR count). The minimum Gasteiger partial charge on any atom is -0.396 e. The van der Waals surface area contributed by atoms with Gasteiger partial charge in [-0.2, -0.15) is 0 Å². The molecule has 0 saturated carbocycles. The second-order valence-electron chi connectivity index (χ2n) is 5.74. The Morgan fingerprint density at radius 1 is 1.20 bits per heavy atom. The predicted molar refractivity (Wildman–Crippen MR) is 62.6 cm³/mol. The molecule has 0 fully saturated rings. The van der Waals surface area contributed by atoms with Gasteiger partial charge in [0.2, 0.25) is 5.91 Å². The number of aliphatic hydroxyl groups is 1. The maximum atomic E-state index is 11.4. The molecule has 0 aromatic heterocycles. The fraction of sp³-hybridized carbons (Fsp3) is 0.917. The van der Waals surface area contributed by atoms with Crippen LogP contribution in [0.15, 0.2) is 0 Å². The van der Waals surface area contributed by atoms with E-state index in [1.54, 1.807) is 0 Å². The van der Waals surface area contributed by atoms with E-state index in [9.17, 15) is 4.79 Å². The van der Waals surface area contributed by atoms with E-state index in [4.69, 9.17) is 5.11 Å². The van der Waals surface area contributed by atoms with Crippen LogP contribution in [0, 0.1) is 10.8 Å². The molecule has 3 nitrogen and oxygen atoms in total. The van der Waals surface area contributed by atoms with Crippen LogP contribution in [0.3, 0.4) is 0 Å². The molecular formula is C12H25NO2. The molecular weight excluding hydrogens is 190 g/mol. The molecule has 0 aliphatic carbocycles. The predicted octanol–water partition coefficient (Wildman–Crippen LogP) is 1.95. The molecule has 15 heavy (non-hydrogen) atoms. The van der Waals surface area contributed by atoms with Gasteiger partial charge in [-0.15, -0.1) is 0 Å². The standard InChI is InChI=1S/C12H25NO2/c1-11(2,3)12(4,5)9-13-10(15)7-6-8-14/h14H,6-9H2,1-5H3,(H,13,15). The lowest BCUT2D eigenvalue weighted by molar-refractivity contribution is -0.122. The van der Waals surface area contributed by atoms with Crippen LogP contribution in [0.5, 0.6) is 0 Å². The molecule has 0 aliphatic heterocycles. The summed E-state index contributed by atoms with van der Waals surface area (Å²) < 4.78 is 0. The first-order valence-corrected chi connectivity index (χ1v) is 5.58. The van der Waals surface area contributed by atoms with Crippen molar-refractivity contribution in [1.29, 1.82) is 0 Å². The monoisotopic (exact) mass is 215 g/mol. The Bertz CT molecular complexity index is 204. The number of hydrogen-bond acceptors (Lipinski definition) is 2. The summed E-state index contributed by atoms with van der Waals surface area (Å²) in [5.41, 5.74) is 0.235. The fourth-order valence-corrected chi connectivity index (χ4v) is 0.913. The third kappa shape index (κ3) is 5.17. The van der Waals surface area contributed by atoms with E-state index < -0.39 is 0 Å². The van der Waals surface area contributed by atoms with Gasteiger partial charge >= 0.3 is 0 Å². The molecule has 0 unspecified atom stereocenters. The Morgan fingerprint density at radius 2 is 1.73 bits per heavy atom. The number of rotatable bonds is 5. The second-order valence-corrected chi connectivity index (χ2v) is 5.74. The number of aliphatic hydroxyl groups excluding tert-OH is 1. The summed E-state index contributed by atoms with van der Waals surface area (Å²) in [5.74, 6) is 0.0291. The van der Waals surface area contributed by atoms with Crippen molar-refractivity contribution in [2.75, 3.05) is 13.2 Å². The van der Waals surface area contributed by atoms with E-state index >= 15 is 0 Å². The highest BCUT2D eigenvalue weighted by Gasteiger charge is 2.32. The van der Waals surface area contributed by atoms with E-state index in [2.05, 4.69) is 39.9 Å². The lowest BCUT2D eigenvalue weighted by Gasteiger charge is -2.39. The van der Waals surface area contributed by atoms with Gasteiger partial charge in [-0.25, -0.2) is 0 Å². The van der Waals surface area contributed by atoms with Crippen LogP contribution in [0.25, 0.3) is 0 Å². The molecule has 3 heteroatoms. The maximum absolute atomic E-state index is 11.4. The highest BCUT2D eigenvalue weighted by atomic mass is 16.3. The second kappa shape index (κ2) is 5.50. The Morgan fingerprint density at radius 3 is 2.13 bits per heavy atom. The number of hydrogen-bond donors (Lipinski definition) is 2. The molecule has 0 saturated heterocycles. The van der Waals surface area contributed by atoms with Crippen LogP contribution in [0.4, 0.5) is 0 Å². The van der Waals surface area contributed by atoms with Crippen molar-refractivity contribution < 1.29 is 9.90 Å². The van der Waals surface area contributed by atoms with Gasteiger partial charge in [-0.3, -0.25) is 4.79 Å². The number of carbonyl (C=O) groups excluding carboxylic acids is 1. The highest BCUT2D eigenvalue weighted by molar-refractivity contribution is 5.75. The molecule has 0 aromatic carbocycles. The van der Waals surface area contributed by atoms with Gasteiger partial charge in [0.25, 0.3) is 0 Å². The summed E-state index contributed by atoms with van der Waals surface area (Å²) >= 11 is 0. The molecule has 2 N–H and O–H groups in total. The summed E-state index contributed by atoms with van der Waals surface area (Å²) in [6.07, 6.45) is 0.957. The summed E-state index contributed by atoms with van der Waals surface area (Å²) in [4.78, 5) is 11.4. The molecule has 0 bridgehead atoms. The Balaban J connectivity index is 3.99. The highest BCUT2D eigenvalue weighted by Crippen LogP contribution is 2.36. The van der Waals surface area contributed by atoms with Gasteiger partial charge in [-0.05, 0) is 17.3 Å². The Kier molecular flexibility index (Phi) is 5.29. The molecule has 0 aliphatic rings. The first-order chi connectivity index (χ1) is 6.70. The van der Waals surface area contributed by atoms with Crippen LogP contribution in [0.2, 0.25) is 0 Å². The minimum atomic E-state index is 0.0291. The van der Waals surface area contributed by atoms with E-state index in [0.717, 1.165) is 0 Å². The zero-order valence-corrected chi connectivity index (χ0v) is 10.7. The number of amides is 1. The van der Waals surface area contributed by atoms with Crippen molar-refractivity contribution in [3.63, 3.8) is 0 Å². The van der Waals surface area contributed by atoms with Crippen LogP contribution >= 0.6 is 0 Å². The van der Waals surface area contributed by atoms with Crippen molar-refractivity contribution >= 4 is 5.91 Å². The Labute approximate surface area is 93.3 Å². The van der Waals surface area contributed by atoms with E-state index in [1.165, 1.54) is 0 Å². The van der Waals surface area contributed by atoms with Crippen molar-refractivity contribution in [1.82, 2.24) is 5.32 Å². The zero-order valence-electron chi connectivity index (χ0n) is 10.7. The van der Waals surface area contributed by atoms with Crippen molar-refractivity contribution in [3.8, 4) is 0 Å². The molecule has 0 atom stereocenters. The lowest BCUT2D eigenvalue weighted by Crippen LogP contribution is -2.41. The number of carbonyl (C=O) groups is 1. The summed E-state index contributed by atoms with van der Waals surface area (Å²) in [7, 11) is 0. The van der Waals surface area contributed by atoms with Crippen LogP contribution in [0.1, 0.15) is 47.5 Å². The van der Waals surface area contributed by atoms with Crippen molar-refractivity contribution in [3.05, 3.63) is 0 Å². The first kappa shape index (κ1) is 14.4.